The molecule has 0 spiro atoms. The molecule has 0 unspecified atom stereocenters. The zero-order chi connectivity index (χ0) is 13.1. The summed E-state index contributed by atoms with van der Waals surface area (Å²) in [6.45, 7) is 14.3. The summed E-state index contributed by atoms with van der Waals surface area (Å²) in [4.78, 5) is 0. The molecule has 0 heteroatoms. The number of hydrogen-bond acceptors (Lipinski definition) is 0. The molecule has 0 saturated heterocycles. The Balaban J connectivity index is 5.18. The summed E-state index contributed by atoms with van der Waals surface area (Å²) in [5.74, 6) is 0. The van der Waals surface area contributed by atoms with E-state index in [9.17, 15) is 0 Å². The molecule has 0 bridgehead atoms. The minimum atomic E-state index is 1.13. The standard InChI is InChI=1S/C17H26/c1-6-10-11-14-16(9-4)17(13-8-3)15(5)12-7-2/h6,9-11,14H,1,4,7-8,12-13H2,2-3,5H3/b11-10-,16-14+,17-15+. The van der Waals surface area contributed by atoms with Gasteiger partial charge in [0.25, 0.3) is 0 Å². The van der Waals surface area contributed by atoms with Crippen LogP contribution in [0.3, 0.4) is 0 Å². The maximum absolute atomic E-state index is 3.92. The molecule has 0 saturated carbocycles. The Morgan fingerprint density at radius 1 is 1.00 bits per heavy atom. The average molecular weight is 230 g/mol. The fourth-order valence-corrected chi connectivity index (χ4v) is 1.91. The largest absolute Gasteiger partial charge is 0.0991 e. The summed E-state index contributed by atoms with van der Waals surface area (Å²) in [5.41, 5.74) is 4.20. The summed E-state index contributed by atoms with van der Waals surface area (Å²) >= 11 is 0. The molecule has 0 amide bonds. The molecule has 0 aliphatic carbocycles. The van der Waals surface area contributed by atoms with E-state index < -0.39 is 0 Å². The van der Waals surface area contributed by atoms with Crippen molar-refractivity contribution in [3.05, 3.63) is 60.3 Å². The predicted octanol–water partition coefficient (Wildman–Crippen LogP) is 5.76. The lowest BCUT2D eigenvalue weighted by Gasteiger charge is -2.12. The first-order valence-corrected chi connectivity index (χ1v) is 6.52. The van der Waals surface area contributed by atoms with Crippen molar-refractivity contribution in [3.8, 4) is 0 Å². The van der Waals surface area contributed by atoms with Gasteiger partial charge in [-0.1, -0.05) is 75.8 Å². The number of hydrogen-bond donors (Lipinski definition) is 0. The van der Waals surface area contributed by atoms with E-state index in [0.717, 1.165) is 6.42 Å². The van der Waals surface area contributed by atoms with Crippen molar-refractivity contribution in [1.82, 2.24) is 0 Å². The molecule has 0 aromatic heterocycles. The fourth-order valence-electron chi connectivity index (χ4n) is 1.91. The van der Waals surface area contributed by atoms with Gasteiger partial charge in [-0.3, -0.25) is 0 Å². The van der Waals surface area contributed by atoms with E-state index >= 15 is 0 Å². The van der Waals surface area contributed by atoms with Crippen LogP contribution in [0.1, 0.15) is 46.5 Å². The quantitative estimate of drug-likeness (QED) is 0.465. The van der Waals surface area contributed by atoms with Crippen LogP contribution in [0.25, 0.3) is 0 Å². The van der Waals surface area contributed by atoms with Crippen LogP contribution in [0.2, 0.25) is 0 Å². The maximum Gasteiger partial charge on any atom is -0.0231 e. The van der Waals surface area contributed by atoms with Crippen molar-refractivity contribution in [2.75, 3.05) is 0 Å². The summed E-state index contributed by atoms with van der Waals surface area (Å²) in [6.07, 6.45) is 14.5. The van der Waals surface area contributed by atoms with Gasteiger partial charge >= 0.3 is 0 Å². The van der Waals surface area contributed by atoms with Crippen molar-refractivity contribution < 1.29 is 0 Å². The van der Waals surface area contributed by atoms with Crippen molar-refractivity contribution in [2.45, 2.75) is 46.5 Å². The lowest BCUT2D eigenvalue weighted by Crippen LogP contribution is -1.92. The second kappa shape index (κ2) is 9.89. The van der Waals surface area contributed by atoms with Gasteiger partial charge in [0.15, 0.2) is 0 Å². The lowest BCUT2D eigenvalue weighted by molar-refractivity contribution is 0.847. The van der Waals surface area contributed by atoms with Crippen LogP contribution < -0.4 is 0 Å². The topological polar surface area (TPSA) is 0 Å². The molecule has 0 aromatic carbocycles. The monoisotopic (exact) mass is 230 g/mol. The SMILES string of the molecule is C=C\C=C/C=C(C=C)/C(CCC)=C(\C)CCC. The molecule has 0 aromatic rings. The summed E-state index contributed by atoms with van der Waals surface area (Å²) in [7, 11) is 0. The van der Waals surface area contributed by atoms with E-state index in [1.165, 1.54) is 36.0 Å². The molecular formula is C17H26. The summed E-state index contributed by atoms with van der Waals surface area (Å²) in [5, 5.41) is 0. The predicted molar refractivity (Wildman–Crippen MR) is 80.1 cm³/mol. The zero-order valence-electron chi connectivity index (χ0n) is 11.6. The Hall–Kier alpha value is -1.30. The Morgan fingerprint density at radius 2 is 1.65 bits per heavy atom. The molecule has 0 aliphatic heterocycles. The molecule has 0 N–H and O–H groups in total. The first-order valence-electron chi connectivity index (χ1n) is 6.52. The van der Waals surface area contributed by atoms with Gasteiger partial charge in [0.1, 0.15) is 0 Å². The van der Waals surface area contributed by atoms with Crippen LogP contribution in [-0.2, 0) is 0 Å². The number of allylic oxidation sites excluding steroid dienone is 8. The highest BCUT2D eigenvalue weighted by Gasteiger charge is 2.04. The normalized spacial score (nSPS) is 13.7. The van der Waals surface area contributed by atoms with Gasteiger partial charge in [0.05, 0.1) is 0 Å². The smallest absolute Gasteiger partial charge is 0.0231 e. The fraction of sp³-hybridized carbons (Fsp3) is 0.412. The first-order chi connectivity index (χ1) is 8.21. The molecule has 0 atom stereocenters. The van der Waals surface area contributed by atoms with Gasteiger partial charge in [-0.2, -0.15) is 0 Å². The molecule has 0 nitrogen and oxygen atoms in total. The van der Waals surface area contributed by atoms with Crippen LogP contribution in [0.5, 0.6) is 0 Å². The van der Waals surface area contributed by atoms with Gasteiger partial charge in [0, 0.05) is 0 Å². The second-order valence-corrected chi connectivity index (χ2v) is 4.21. The van der Waals surface area contributed by atoms with Gasteiger partial charge in [-0.25, -0.2) is 0 Å². The minimum Gasteiger partial charge on any atom is -0.0991 e. The van der Waals surface area contributed by atoms with Crippen LogP contribution in [-0.4, -0.2) is 0 Å². The van der Waals surface area contributed by atoms with Crippen LogP contribution in [0.15, 0.2) is 60.3 Å². The maximum atomic E-state index is 3.92. The Bertz CT molecular complexity index is 324. The molecule has 0 fully saturated rings. The van der Waals surface area contributed by atoms with Crippen molar-refractivity contribution in [1.29, 1.82) is 0 Å². The molecule has 94 valence electrons. The van der Waals surface area contributed by atoms with Crippen molar-refractivity contribution in [2.24, 2.45) is 0 Å². The van der Waals surface area contributed by atoms with Gasteiger partial charge in [0.2, 0.25) is 0 Å². The molecule has 17 heavy (non-hydrogen) atoms. The Labute approximate surface area is 107 Å². The van der Waals surface area contributed by atoms with Crippen LogP contribution in [0, 0.1) is 0 Å². The first kappa shape index (κ1) is 15.7. The van der Waals surface area contributed by atoms with Crippen LogP contribution >= 0.6 is 0 Å². The third-order valence-corrected chi connectivity index (χ3v) is 2.73. The number of rotatable bonds is 8. The third kappa shape index (κ3) is 6.11. The minimum absolute atomic E-state index is 1.13. The average Bonchev–Trinajstić information content (AvgIpc) is 2.33. The van der Waals surface area contributed by atoms with Crippen molar-refractivity contribution in [3.63, 3.8) is 0 Å². The van der Waals surface area contributed by atoms with E-state index in [-0.39, 0.29) is 0 Å². The van der Waals surface area contributed by atoms with Crippen molar-refractivity contribution >= 4 is 0 Å². The second-order valence-electron chi connectivity index (χ2n) is 4.21. The molecule has 0 radical (unpaired) electrons. The Kier molecular flexibility index (Phi) is 9.14. The molecular weight excluding hydrogens is 204 g/mol. The van der Waals surface area contributed by atoms with Gasteiger partial charge < -0.3 is 0 Å². The third-order valence-electron chi connectivity index (χ3n) is 2.73. The lowest BCUT2D eigenvalue weighted by atomic mass is 9.94. The van der Waals surface area contributed by atoms with Crippen LogP contribution in [0.4, 0.5) is 0 Å². The summed E-state index contributed by atoms with van der Waals surface area (Å²) in [6, 6.07) is 0. The van der Waals surface area contributed by atoms with Gasteiger partial charge in [-0.05, 0) is 30.9 Å². The van der Waals surface area contributed by atoms with E-state index in [2.05, 4.69) is 40.0 Å². The Morgan fingerprint density at radius 3 is 2.12 bits per heavy atom. The highest BCUT2D eigenvalue weighted by molar-refractivity contribution is 5.43. The van der Waals surface area contributed by atoms with Gasteiger partial charge in [-0.15, -0.1) is 0 Å². The van der Waals surface area contributed by atoms with E-state index in [1.807, 2.05) is 18.2 Å². The molecule has 0 aliphatic rings. The highest BCUT2D eigenvalue weighted by atomic mass is 14.1. The summed E-state index contributed by atoms with van der Waals surface area (Å²) < 4.78 is 0. The highest BCUT2D eigenvalue weighted by Crippen LogP contribution is 2.24. The molecule has 0 heterocycles. The zero-order valence-corrected chi connectivity index (χ0v) is 11.6. The van der Waals surface area contributed by atoms with E-state index in [4.69, 9.17) is 0 Å². The van der Waals surface area contributed by atoms with E-state index in [0.29, 0.717) is 0 Å². The van der Waals surface area contributed by atoms with E-state index in [1.54, 1.807) is 6.08 Å². The molecule has 0 rings (SSSR count).